The summed E-state index contributed by atoms with van der Waals surface area (Å²) in [7, 11) is -3.25. The van der Waals surface area contributed by atoms with Crippen LogP contribution in [0.1, 0.15) is 5.69 Å². The zero-order valence-corrected chi connectivity index (χ0v) is 16.8. The molecule has 4 N–H and O–H groups in total. The van der Waals surface area contributed by atoms with Crippen LogP contribution in [0, 0.1) is 6.92 Å². The Morgan fingerprint density at radius 1 is 1.07 bits per heavy atom. The van der Waals surface area contributed by atoms with E-state index in [4.69, 9.17) is 9.47 Å². The number of benzene rings is 1. The predicted molar refractivity (Wildman–Crippen MR) is 108 cm³/mol. The van der Waals surface area contributed by atoms with Crippen molar-refractivity contribution in [3.8, 4) is 11.5 Å². The van der Waals surface area contributed by atoms with Gasteiger partial charge in [0.2, 0.25) is 16.0 Å². The summed E-state index contributed by atoms with van der Waals surface area (Å²) >= 11 is 0. The van der Waals surface area contributed by atoms with Gasteiger partial charge < -0.3 is 20.1 Å². The van der Waals surface area contributed by atoms with Crippen LogP contribution in [0.3, 0.4) is 0 Å². The third-order valence-corrected chi connectivity index (χ3v) is 4.40. The molecular weight excluding hydrogens is 400 g/mol. The highest BCUT2D eigenvalue weighted by atomic mass is 32.2. The third kappa shape index (κ3) is 6.47. The number of nitrogens with one attached hydrogen (secondary N) is 4. The van der Waals surface area contributed by atoms with Crippen molar-refractivity contribution in [2.24, 2.45) is 0 Å². The summed E-state index contributed by atoms with van der Waals surface area (Å²) in [5.41, 5.74) is 1.16. The van der Waals surface area contributed by atoms with Gasteiger partial charge in [0.15, 0.2) is 11.5 Å². The number of carbonyl (C=O) groups excluding carboxylic acids is 1. The van der Waals surface area contributed by atoms with Gasteiger partial charge in [-0.1, -0.05) is 0 Å². The molecule has 156 valence electrons. The maximum atomic E-state index is 12.3. The third-order valence-electron chi connectivity index (χ3n) is 3.67. The predicted octanol–water partition coefficient (Wildman–Crippen LogP) is 1.16. The van der Waals surface area contributed by atoms with Crippen LogP contribution in [-0.2, 0) is 10.0 Å². The quantitative estimate of drug-likeness (QED) is 0.487. The first kappa shape index (κ1) is 20.6. The minimum atomic E-state index is -3.25. The Hall–Kier alpha value is -3.12. The lowest BCUT2D eigenvalue weighted by molar-refractivity contribution is 0.171. The highest BCUT2D eigenvalue weighted by Crippen LogP contribution is 2.32. The van der Waals surface area contributed by atoms with Crippen LogP contribution in [0.25, 0.3) is 0 Å². The first-order chi connectivity index (χ1) is 13.8. The van der Waals surface area contributed by atoms with Gasteiger partial charge in [-0.25, -0.2) is 22.9 Å². The second-order valence-corrected chi connectivity index (χ2v) is 8.08. The molecule has 0 atom stereocenters. The van der Waals surface area contributed by atoms with Crippen molar-refractivity contribution in [2.45, 2.75) is 6.92 Å². The van der Waals surface area contributed by atoms with E-state index in [9.17, 15) is 13.2 Å². The molecule has 12 heteroatoms. The van der Waals surface area contributed by atoms with Crippen molar-refractivity contribution >= 4 is 33.5 Å². The highest BCUT2D eigenvalue weighted by Gasteiger charge is 2.13. The number of rotatable bonds is 7. The molecule has 0 saturated heterocycles. The van der Waals surface area contributed by atoms with Gasteiger partial charge >= 0.3 is 6.03 Å². The van der Waals surface area contributed by atoms with Crippen LogP contribution in [-0.4, -0.2) is 57.0 Å². The second-order valence-electron chi connectivity index (χ2n) is 6.25. The maximum Gasteiger partial charge on any atom is 0.326 e. The molecule has 0 radical (unpaired) electrons. The van der Waals surface area contributed by atoms with Gasteiger partial charge in [0.1, 0.15) is 19.0 Å². The summed E-state index contributed by atoms with van der Waals surface area (Å²) < 4.78 is 35.4. The van der Waals surface area contributed by atoms with E-state index >= 15 is 0 Å². The molecule has 0 unspecified atom stereocenters. The molecule has 1 aromatic carbocycles. The molecule has 0 spiro atoms. The Bertz CT molecular complexity index is 998. The number of nitrogens with zero attached hydrogens (tertiary/aromatic N) is 2. The first-order valence-corrected chi connectivity index (χ1v) is 10.7. The summed E-state index contributed by atoms with van der Waals surface area (Å²) in [6, 6.07) is 6.26. The van der Waals surface area contributed by atoms with Crippen molar-refractivity contribution in [3.05, 3.63) is 30.0 Å². The number of sulfonamides is 1. The molecular formula is C17H22N6O5S. The van der Waals surface area contributed by atoms with Crippen molar-refractivity contribution in [1.82, 2.24) is 14.7 Å². The van der Waals surface area contributed by atoms with Crippen molar-refractivity contribution in [2.75, 3.05) is 48.5 Å². The van der Waals surface area contributed by atoms with Crippen LogP contribution >= 0.6 is 0 Å². The van der Waals surface area contributed by atoms with Gasteiger partial charge in [0.25, 0.3) is 0 Å². The fourth-order valence-electron chi connectivity index (χ4n) is 2.53. The number of amides is 2. The molecule has 2 amide bonds. The monoisotopic (exact) mass is 422 g/mol. The zero-order valence-electron chi connectivity index (χ0n) is 16.0. The number of aromatic nitrogens is 2. The summed E-state index contributed by atoms with van der Waals surface area (Å²) in [4.78, 5) is 20.6. The van der Waals surface area contributed by atoms with E-state index in [1.165, 1.54) is 0 Å². The van der Waals surface area contributed by atoms with E-state index in [0.29, 0.717) is 48.5 Å². The lowest BCUT2D eigenvalue weighted by atomic mass is 10.2. The Morgan fingerprint density at radius 3 is 2.59 bits per heavy atom. The molecule has 0 fully saturated rings. The van der Waals surface area contributed by atoms with Gasteiger partial charge in [0.05, 0.1) is 6.26 Å². The van der Waals surface area contributed by atoms with E-state index in [0.717, 1.165) is 6.26 Å². The molecule has 0 bridgehead atoms. The van der Waals surface area contributed by atoms with Crippen molar-refractivity contribution in [1.29, 1.82) is 0 Å². The summed E-state index contributed by atoms with van der Waals surface area (Å²) in [5, 5.41) is 8.23. The minimum Gasteiger partial charge on any atom is -0.486 e. The van der Waals surface area contributed by atoms with Crippen LogP contribution in [0.5, 0.6) is 11.5 Å². The molecule has 1 aromatic heterocycles. The number of hydrogen-bond donors (Lipinski definition) is 4. The van der Waals surface area contributed by atoms with Crippen molar-refractivity contribution < 1.29 is 22.7 Å². The lowest BCUT2D eigenvalue weighted by Gasteiger charge is -2.19. The van der Waals surface area contributed by atoms with Crippen LogP contribution in [0.2, 0.25) is 0 Å². The van der Waals surface area contributed by atoms with Gasteiger partial charge in [-0.15, -0.1) is 0 Å². The number of urea groups is 1. The Balaban J connectivity index is 1.57. The fraction of sp³-hybridized carbons (Fsp3) is 0.353. The fourth-order valence-corrected chi connectivity index (χ4v) is 3.00. The molecule has 3 rings (SSSR count). The zero-order chi connectivity index (χ0) is 20.9. The minimum absolute atomic E-state index is 0.110. The molecule has 2 aromatic rings. The number of aryl methyl sites for hydroxylation is 1. The van der Waals surface area contributed by atoms with E-state index < -0.39 is 16.1 Å². The molecule has 29 heavy (non-hydrogen) atoms. The number of fused-ring (bicyclic) bond motifs is 1. The smallest absolute Gasteiger partial charge is 0.326 e. The van der Waals surface area contributed by atoms with Gasteiger partial charge in [-0.05, 0) is 19.1 Å². The largest absolute Gasteiger partial charge is 0.486 e. The maximum absolute atomic E-state index is 12.3. The average molecular weight is 422 g/mol. The Labute approximate surface area is 168 Å². The van der Waals surface area contributed by atoms with Gasteiger partial charge in [-0.2, -0.15) is 4.98 Å². The average Bonchev–Trinajstić information content (AvgIpc) is 2.64. The Morgan fingerprint density at radius 2 is 1.83 bits per heavy atom. The van der Waals surface area contributed by atoms with Crippen LogP contribution < -0.4 is 30.1 Å². The topological polar surface area (TPSA) is 144 Å². The molecule has 0 saturated carbocycles. The molecule has 0 aliphatic carbocycles. The first-order valence-electron chi connectivity index (χ1n) is 8.80. The number of anilines is 3. The highest BCUT2D eigenvalue weighted by molar-refractivity contribution is 7.88. The second kappa shape index (κ2) is 8.92. The van der Waals surface area contributed by atoms with Gasteiger partial charge in [-0.3, -0.25) is 5.32 Å². The van der Waals surface area contributed by atoms with Gasteiger partial charge in [0, 0.05) is 36.6 Å². The summed E-state index contributed by atoms with van der Waals surface area (Å²) in [5.74, 6) is 1.77. The van der Waals surface area contributed by atoms with E-state index in [2.05, 4.69) is 30.6 Å². The summed E-state index contributed by atoms with van der Waals surface area (Å²) in [6.45, 7) is 3.23. The Kier molecular flexibility index (Phi) is 6.34. The SMILES string of the molecule is Cc1cc(NCCNS(C)(=O)=O)nc(NC(=O)Nc2ccc3c(c2)OCCO3)n1. The standard InChI is InChI=1S/C17H22N6O5S/c1-11-9-15(18-5-6-19-29(2,25)26)22-16(20-11)23-17(24)21-12-3-4-13-14(10-12)28-8-7-27-13/h3-4,9-10,19H,5-8H2,1-2H3,(H3,18,20,21,22,23,24). The van der Waals surface area contributed by atoms with E-state index in [1.807, 2.05) is 0 Å². The lowest BCUT2D eigenvalue weighted by Crippen LogP contribution is -2.28. The van der Waals surface area contributed by atoms with E-state index in [1.54, 1.807) is 31.2 Å². The summed E-state index contributed by atoms with van der Waals surface area (Å²) in [6.07, 6.45) is 1.09. The number of carbonyl (C=O) groups is 1. The normalized spacial score (nSPS) is 12.9. The molecule has 2 heterocycles. The van der Waals surface area contributed by atoms with Crippen molar-refractivity contribution in [3.63, 3.8) is 0 Å². The number of ether oxygens (including phenoxy) is 2. The molecule has 11 nitrogen and oxygen atoms in total. The molecule has 1 aliphatic rings. The number of hydrogen-bond acceptors (Lipinski definition) is 8. The van der Waals surface area contributed by atoms with E-state index in [-0.39, 0.29) is 12.5 Å². The van der Waals surface area contributed by atoms with Crippen LogP contribution in [0.4, 0.5) is 22.2 Å². The van der Waals surface area contributed by atoms with Crippen LogP contribution in [0.15, 0.2) is 24.3 Å². The molecule has 1 aliphatic heterocycles.